The molecule has 1 aliphatic carbocycles. The van der Waals surface area contributed by atoms with Gasteiger partial charge in [-0.1, -0.05) is 49.3 Å². The number of rotatable bonds is 8. The quantitative estimate of drug-likeness (QED) is 0.694. The molecule has 25 heavy (non-hydrogen) atoms. The molecular weight excluding hydrogens is 338 g/mol. The number of amides is 2. The van der Waals surface area contributed by atoms with Crippen LogP contribution < -0.4 is 11.1 Å². The lowest BCUT2D eigenvalue weighted by atomic mass is 9.81. The highest BCUT2D eigenvalue weighted by molar-refractivity contribution is 7.16. The average molecular weight is 363 g/mol. The van der Waals surface area contributed by atoms with Crippen molar-refractivity contribution in [3.8, 4) is 0 Å². The van der Waals surface area contributed by atoms with Crippen molar-refractivity contribution in [2.24, 2.45) is 11.7 Å². The highest BCUT2D eigenvalue weighted by Gasteiger charge is 2.44. The van der Waals surface area contributed by atoms with Crippen LogP contribution >= 0.6 is 11.3 Å². The van der Waals surface area contributed by atoms with E-state index in [0.717, 1.165) is 24.1 Å². The molecule has 1 aromatic rings. The van der Waals surface area contributed by atoms with E-state index in [-0.39, 0.29) is 5.91 Å². The summed E-state index contributed by atoms with van der Waals surface area (Å²) < 4.78 is 5.74. The molecular formula is C18H25N3O3S. The van der Waals surface area contributed by atoms with E-state index < -0.39 is 17.4 Å². The number of ether oxygens (including phenoxy) is 1. The third-order valence-corrected chi connectivity index (χ3v) is 5.48. The Morgan fingerprint density at radius 3 is 2.80 bits per heavy atom. The maximum atomic E-state index is 12.0. The fourth-order valence-electron chi connectivity index (χ4n) is 2.96. The number of primary amides is 1. The fraction of sp³-hybridized carbons (Fsp3) is 0.500. The summed E-state index contributed by atoms with van der Waals surface area (Å²) in [5, 5.41) is 3.35. The fourth-order valence-corrected chi connectivity index (χ4v) is 4.13. The van der Waals surface area contributed by atoms with Crippen molar-refractivity contribution in [3.05, 3.63) is 34.9 Å². The molecule has 0 aliphatic heterocycles. The molecule has 0 radical (unpaired) electrons. The minimum Gasteiger partial charge on any atom is -0.369 e. The Balaban J connectivity index is 2.25. The van der Waals surface area contributed by atoms with Crippen molar-refractivity contribution in [1.82, 2.24) is 4.98 Å². The Labute approximate surface area is 152 Å². The van der Waals surface area contributed by atoms with Gasteiger partial charge in [-0.05, 0) is 19.4 Å². The standard InChI is InChI=1S/C18H25N3O3S/c1-4-5-6-10-14(22)21-17-20-12(2)15(25-17)18(24-3)11-8-7-9-13(18)16(19)23/h7-9,11,13H,4-6,10H2,1-3H3,(H2,19,23)(H,20,21,22). The summed E-state index contributed by atoms with van der Waals surface area (Å²) in [6.07, 6.45) is 10.6. The zero-order valence-corrected chi connectivity index (χ0v) is 15.7. The first-order chi connectivity index (χ1) is 11.9. The van der Waals surface area contributed by atoms with E-state index >= 15 is 0 Å². The third kappa shape index (κ3) is 4.16. The minimum atomic E-state index is -0.993. The van der Waals surface area contributed by atoms with Crippen LogP contribution in [0.25, 0.3) is 0 Å². The van der Waals surface area contributed by atoms with Crippen molar-refractivity contribution in [1.29, 1.82) is 0 Å². The van der Waals surface area contributed by atoms with E-state index in [9.17, 15) is 9.59 Å². The number of anilines is 1. The number of carbonyl (C=O) groups excluding carboxylic acids is 2. The van der Waals surface area contributed by atoms with Crippen LogP contribution in [0.4, 0.5) is 5.13 Å². The molecule has 0 saturated heterocycles. The number of nitrogens with two attached hydrogens (primary N) is 1. The van der Waals surface area contributed by atoms with Crippen molar-refractivity contribution >= 4 is 28.3 Å². The molecule has 0 fully saturated rings. The number of allylic oxidation sites excluding steroid dienone is 2. The SMILES string of the molecule is CCCCCC(=O)Nc1nc(C)c(C2(OC)C=CC=CC2C(N)=O)s1. The number of nitrogens with one attached hydrogen (secondary N) is 1. The number of nitrogens with zero attached hydrogens (tertiary/aromatic N) is 1. The van der Waals surface area contributed by atoms with Crippen LogP contribution in [0.3, 0.4) is 0 Å². The topological polar surface area (TPSA) is 94.3 Å². The van der Waals surface area contributed by atoms with E-state index in [4.69, 9.17) is 10.5 Å². The van der Waals surface area contributed by atoms with Crippen molar-refractivity contribution in [3.63, 3.8) is 0 Å². The highest BCUT2D eigenvalue weighted by Crippen LogP contribution is 2.43. The predicted octanol–water partition coefficient (Wildman–Crippen LogP) is 3.04. The molecule has 136 valence electrons. The van der Waals surface area contributed by atoms with Gasteiger partial charge in [0.2, 0.25) is 11.8 Å². The molecule has 2 amide bonds. The molecule has 0 saturated carbocycles. The molecule has 1 aliphatic rings. The lowest BCUT2D eigenvalue weighted by molar-refractivity contribution is -0.128. The number of aryl methyl sites for hydroxylation is 1. The van der Waals surface area contributed by atoms with Gasteiger partial charge in [-0.2, -0.15) is 0 Å². The molecule has 1 aromatic heterocycles. The van der Waals surface area contributed by atoms with Gasteiger partial charge < -0.3 is 15.8 Å². The number of hydrogen-bond donors (Lipinski definition) is 2. The Morgan fingerprint density at radius 2 is 2.16 bits per heavy atom. The summed E-state index contributed by atoms with van der Waals surface area (Å²) in [6, 6.07) is 0. The number of hydrogen-bond acceptors (Lipinski definition) is 5. The number of aromatic nitrogens is 1. The van der Waals surface area contributed by atoms with Crippen LogP contribution in [0, 0.1) is 12.8 Å². The number of carbonyl (C=O) groups is 2. The zero-order valence-electron chi connectivity index (χ0n) is 14.9. The number of unbranched alkanes of at least 4 members (excludes halogenated alkanes) is 2. The first kappa shape index (κ1) is 19.3. The van der Waals surface area contributed by atoms with Gasteiger partial charge in [0, 0.05) is 13.5 Å². The highest BCUT2D eigenvalue weighted by atomic mass is 32.1. The van der Waals surface area contributed by atoms with Gasteiger partial charge in [0.1, 0.15) is 5.60 Å². The Kier molecular flexibility index (Phi) is 6.50. The van der Waals surface area contributed by atoms with Gasteiger partial charge in [-0.3, -0.25) is 9.59 Å². The molecule has 2 unspecified atom stereocenters. The van der Waals surface area contributed by atoms with E-state index in [1.165, 1.54) is 11.3 Å². The summed E-state index contributed by atoms with van der Waals surface area (Å²) in [7, 11) is 1.54. The van der Waals surface area contributed by atoms with Gasteiger partial charge in [0.05, 0.1) is 16.5 Å². The average Bonchev–Trinajstić information content (AvgIpc) is 2.95. The van der Waals surface area contributed by atoms with Crippen LogP contribution in [0.1, 0.15) is 43.2 Å². The van der Waals surface area contributed by atoms with E-state index in [1.54, 1.807) is 19.3 Å². The molecule has 6 nitrogen and oxygen atoms in total. The lowest BCUT2D eigenvalue weighted by Crippen LogP contribution is -2.42. The second kappa shape index (κ2) is 8.40. The first-order valence-corrected chi connectivity index (χ1v) is 9.24. The Morgan fingerprint density at radius 1 is 1.40 bits per heavy atom. The summed E-state index contributed by atoms with van der Waals surface area (Å²) in [6.45, 7) is 3.93. The van der Waals surface area contributed by atoms with Crippen LogP contribution in [0.5, 0.6) is 0 Å². The minimum absolute atomic E-state index is 0.0502. The number of methoxy groups -OCH3 is 1. The van der Waals surface area contributed by atoms with Crippen molar-refractivity contribution in [2.45, 2.75) is 45.1 Å². The Bertz CT molecular complexity index is 696. The van der Waals surface area contributed by atoms with Crippen LogP contribution in [-0.4, -0.2) is 23.9 Å². The molecule has 7 heteroatoms. The van der Waals surface area contributed by atoms with Gasteiger partial charge in [-0.25, -0.2) is 4.98 Å². The summed E-state index contributed by atoms with van der Waals surface area (Å²) >= 11 is 1.32. The second-order valence-electron chi connectivity index (χ2n) is 6.06. The monoisotopic (exact) mass is 363 g/mol. The largest absolute Gasteiger partial charge is 0.369 e. The summed E-state index contributed by atoms with van der Waals surface area (Å²) in [4.78, 5) is 29.2. The van der Waals surface area contributed by atoms with Crippen LogP contribution in [0.2, 0.25) is 0 Å². The van der Waals surface area contributed by atoms with Crippen molar-refractivity contribution in [2.75, 3.05) is 12.4 Å². The predicted molar refractivity (Wildman–Crippen MR) is 99.3 cm³/mol. The van der Waals surface area contributed by atoms with Crippen LogP contribution in [-0.2, 0) is 19.9 Å². The number of thiazole rings is 1. The lowest BCUT2D eigenvalue weighted by Gasteiger charge is -2.35. The van der Waals surface area contributed by atoms with Gasteiger partial charge in [-0.15, -0.1) is 0 Å². The van der Waals surface area contributed by atoms with Crippen molar-refractivity contribution < 1.29 is 14.3 Å². The van der Waals surface area contributed by atoms with E-state index in [0.29, 0.717) is 17.2 Å². The maximum Gasteiger partial charge on any atom is 0.228 e. The summed E-state index contributed by atoms with van der Waals surface area (Å²) in [5.74, 6) is -1.15. The maximum absolute atomic E-state index is 12.0. The van der Waals surface area contributed by atoms with Gasteiger partial charge in [0.15, 0.2) is 5.13 Å². The Hall–Kier alpha value is -1.99. The molecule has 0 bridgehead atoms. The van der Waals surface area contributed by atoms with E-state index in [1.807, 2.05) is 19.1 Å². The molecule has 0 aromatic carbocycles. The summed E-state index contributed by atoms with van der Waals surface area (Å²) in [5.41, 5.74) is 5.29. The van der Waals surface area contributed by atoms with Crippen LogP contribution in [0.15, 0.2) is 24.3 Å². The molecule has 2 atom stereocenters. The molecule has 0 spiro atoms. The van der Waals surface area contributed by atoms with Gasteiger partial charge >= 0.3 is 0 Å². The van der Waals surface area contributed by atoms with Gasteiger partial charge in [0.25, 0.3) is 0 Å². The van der Waals surface area contributed by atoms with E-state index in [2.05, 4.69) is 17.2 Å². The second-order valence-corrected chi connectivity index (χ2v) is 7.06. The molecule has 3 N–H and O–H groups in total. The first-order valence-electron chi connectivity index (χ1n) is 8.42. The zero-order chi connectivity index (χ0) is 18.4. The third-order valence-electron chi connectivity index (χ3n) is 4.27. The smallest absolute Gasteiger partial charge is 0.228 e. The normalized spacial score (nSPS) is 22.1. The molecule has 2 rings (SSSR count). The molecule has 1 heterocycles.